The van der Waals surface area contributed by atoms with Crippen LogP contribution < -0.4 is 0 Å². The van der Waals surface area contributed by atoms with Gasteiger partial charge in [-0.25, -0.2) is 0 Å². The van der Waals surface area contributed by atoms with E-state index < -0.39 is 24.1 Å². The van der Waals surface area contributed by atoms with Crippen LogP contribution in [0.1, 0.15) is 13.3 Å². The number of hydrogen-bond donors (Lipinski definition) is 2. The van der Waals surface area contributed by atoms with Crippen LogP contribution in [0.3, 0.4) is 0 Å². The average Bonchev–Trinajstić information content (AvgIpc) is 1.99. The highest BCUT2D eigenvalue weighted by Crippen LogP contribution is 2.19. The van der Waals surface area contributed by atoms with Crippen molar-refractivity contribution in [1.29, 1.82) is 0 Å². The van der Waals surface area contributed by atoms with Crippen LogP contribution in [0.25, 0.3) is 0 Å². The summed E-state index contributed by atoms with van der Waals surface area (Å²) >= 11 is 0. The van der Waals surface area contributed by atoms with Crippen molar-refractivity contribution >= 4 is 5.97 Å². The van der Waals surface area contributed by atoms with Gasteiger partial charge in [0.25, 0.3) is 0 Å². The van der Waals surface area contributed by atoms with Gasteiger partial charge in [-0.2, -0.15) is 0 Å². The van der Waals surface area contributed by atoms with Gasteiger partial charge in [-0.3, -0.25) is 4.79 Å². The maximum Gasteiger partial charge on any atom is 0.311 e. The summed E-state index contributed by atoms with van der Waals surface area (Å²) in [5, 5.41) is 17.9. The number of aliphatic hydroxyl groups excluding tert-OH is 2. The molecule has 11 heavy (non-hydrogen) atoms. The second kappa shape index (κ2) is 3.19. The van der Waals surface area contributed by atoms with Crippen LogP contribution in [-0.4, -0.2) is 35.0 Å². The predicted molar refractivity (Wildman–Crippen MR) is 36.8 cm³/mol. The van der Waals surface area contributed by atoms with Crippen molar-refractivity contribution < 1.29 is 19.7 Å². The zero-order chi connectivity index (χ0) is 8.43. The van der Waals surface area contributed by atoms with E-state index in [9.17, 15) is 9.90 Å². The largest absolute Gasteiger partial charge is 0.460 e. The van der Waals surface area contributed by atoms with Crippen LogP contribution in [0, 0.1) is 5.92 Å². The fourth-order valence-corrected chi connectivity index (χ4v) is 1.06. The summed E-state index contributed by atoms with van der Waals surface area (Å²) in [4.78, 5) is 10.9. The van der Waals surface area contributed by atoms with Gasteiger partial charge in [0.2, 0.25) is 0 Å². The molecule has 0 spiro atoms. The number of carbonyl (C=O) groups is 1. The van der Waals surface area contributed by atoms with E-state index in [0.717, 1.165) is 0 Å². The predicted octanol–water partition coefficient (Wildman–Crippen LogP) is -0.709. The second-order valence-electron chi connectivity index (χ2n) is 2.83. The Hall–Kier alpha value is -0.610. The minimum absolute atomic E-state index is 0.213. The van der Waals surface area contributed by atoms with Crippen molar-refractivity contribution in [2.75, 3.05) is 6.61 Å². The molecule has 3 atom stereocenters. The lowest BCUT2D eigenvalue weighted by Gasteiger charge is -2.28. The molecule has 1 rings (SSSR count). The third-order valence-electron chi connectivity index (χ3n) is 1.94. The van der Waals surface area contributed by atoms with Gasteiger partial charge in [0.15, 0.2) is 0 Å². The smallest absolute Gasteiger partial charge is 0.311 e. The van der Waals surface area contributed by atoms with E-state index in [-0.39, 0.29) is 6.61 Å². The average molecular weight is 160 g/mol. The van der Waals surface area contributed by atoms with Crippen LogP contribution in [0.4, 0.5) is 0 Å². The fourth-order valence-electron chi connectivity index (χ4n) is 1.06. The summed E-state index contributed by atoms with van der Waals surface area (Å²) in [5.74, 6) is -0.888. The zero-order valence-electron chi connectivity index (χ0n) is 6.36. The molecule has 1 saturated heterocycles. The van der Waals surface area contributed by atoms with E-state index >= 15 is 0 Å². The standard InChI is InChI=1S/C7H12O4/c1-4-6(9)2-5(3-8)11-7(4)10/h4-6,8-9H,2-3H2,1H3/t4-,5+,6+/m1/s1. The Morgan fingerprint density at radius 3 is 2.82 bits per heavy atom. The fraction of sp³-hybridized carbons (Fsp3) is 0.857. The first-order valence-corrected chi connectivity index (χ1v) is 3.64. The van der Waals surface area contributed by atoms with Gasteiger partial charge in [0.1, 0.15) is 6.10 Å². The normalized spacial score (nSPS) is 38.5. The number of hydrogen-bond acceptors (Lipinski definition) is 4. The molecule has 1 fully saturated rings. The summed E-state index contributed by atoms with van der Waals surface area (Å²) in [6.07, 6.45) is -0.856. The molecule has 0 unspecified atom stereocenters. The van der Waals surface area contributed by atoms with Gasteiger partial charge in [-0.15, -0.1) is 0 Å². The van der Waals surface area contributed by atoms with Gasteiger partial charge in [-0.05, 0) is 6.92 Å². The van der Waals surface area contributed by atoms with Crippen LogP contribution in [0.15, 0.2) is 0 Å². The highest BCUT2D eigenvalue weighted by atomic mass is 16.6. The minimum atomic E-state index is -0.673. The van der Waals surface area contributed by atoms with Crippen LogP contribution in [-0.2, 0) is 9.53 Å². The quantitative estimate of drug-likeness (QED) is 0.497. The monoisotopic (exact) mass is 160 g/mol. The molecule has 0 saturated carbocycles. The number of esters is 1. The van der Waals surface area contributed by atoms with E-state index in [1.807, 2.05) is 0 Å². The highest BCUT2D eigenvalue weighted by Gasteiger charge is 2.33. The van der Waals surface area contributed by atoms with Gasteiger partial charge in [-0.1, -0.05) is 0 Å². The molecule has 1 aliphatic heterocycles. The minimum Gasteiger partial charge on any atom is -0.460 e. The Bertz CT molecular complexity index is 157. The van der Waals surface area contributed by atoms with Crippen molar-refractivity contribution in [3.63, 3.8) is 0 Å². The topological polar surface area (TPSA) is 66.8 Å². The number of aliphatic hydroxyl groups is 2. The summed E-state index contributed by atoms with van der Waals surface area (Å²) in [6.45, 7) is 1.40. The lowest BCUT2D eigenvalue weighted by atomic mass is 9.96. The van der Waals surface area contributed by atoms with Gasteiger partial charge < -0.3 is 14.9 Å². The Morgan fingerprint density at radius 2 is 2.36 bits per heavy atom. The molecule has 0 aliphatic carbocycles. The van der Waals surface area contributed by atoms with E-state index in [4.69, 9.17) is 9.84 Å². The number of ether oxygens (including phenoxy) is 1. The number of cyclic esters (lactones) is 1. The van der Waals surface area contributed by atoms with Crippen molar-refractivity contribution in [3.8, 4) is 0 Å². The Morgan fingerprint density at radius 1 is 1.73 bits per heavy atom. The van der Waals surface area contributed by atoms with Crippen LogP contribution in [0.2, 0.25) is 0 Å². The Kier molecular flexibility index (Phi) is 2.46. The van der Waals surface area contributed by atoms with E-state index in [2.05, 4.69) is 0 Å². The highest BCUT2D eigenvalue weighted by molar-refractivity contribution is 5.73. The molecule has 4 nitrogen and oxygen atoms in total. The molecule has 0 bridgehead atoms. The third kappa shape index (κ3) is 1.70. The summed E-state index contributed by atoms with van der Waals surface area (Å²) in [5.41, 5.74) is 0. The Labute approximate surface area is 64.8 Å². The second-order valence-corrected chi connectivity index (χ2v) is 2.83. The third-order valence-corrected chi connectivity index (χ3v) is 1.94. The van der Waals surface area contributed by atoms with E-state index in [1.54, 1.807) is 6.92 Å². The molecule has 0 aromatic heterocycles. The maximum atomic E-state index is 10.9. The molecule has 0 aromatic rings. The van der Waals surface area contributed by atoms with Gasteiger partial charge in [0.05, 0.1) is 18.6 Å². The van der Waals surface area contributed by atoms with Crippen molar-refractivity contribution in [3.05, 3.63) is 0 Å². The van der Waals surface area contributed by atoms with Crippen molar-refractivity contribution in [1.82, 2.24) is 0 Å². The molecule has 0 radical (unpaired) electrons. The first kappa shape index (κ1) is 8.49. The molecular weight excluding hydrogens is 148 g/mol. The van der Waals surface area contributed by atoms with Gasteiger partial charge in [0, 0.05) is 6.42 Å². The lowest BCUT2D eigenvalue weighted by Crippen LogP contribution is -2.41. The first-order chi connectivity index (χ1) is 5.15. The summed E-state index contributed by atoms with van der Waals surface area (Å²) in [7, 11) is 0. The molecular formula is C7H12O4. The van der Waals surface area contributed by atoms with Crippen LogP contribution >= 0.6 is 0 Å². The van der Waals surface area contributed by atoms with E-state index in [1.165, 1.54) is 0 Å². The molecule has 1 heterocycles. The number of rotatable bonds is 1. The van der Waals surface area contributed by atoms with Crippen molar-refractivity contribution in [2.24, 2.45) is 5.92 Å². The summed E-state index contributed by atoms with van der Waals surface area (Å²) in [6, 6.07) is 0. The SMILES string of the molecule is C[C@H]1C(=O)O[C@H](CO)C[C@@H]1O. The Balaban J connectivity index is 2.54. The maximum absolute atomic E-state index is 10.9. The zero-order valence-corrected chi connectivity index (χ0v) is 6.36. The molecule has 1 aliphatic rings. The van der Waals surface area contributed by atoms with Crippen LogP contribution in [0.5, 0.6) is 0 Å². The molecule has 0 amide bonds. The number of carbonyl (C=O) groups excluding carboxylic acids is 1. The molecule has 4 heteroatoms. The summed E-state index contributed by atoms with van der Waals surface area (Å²) < 4.78 is 4.77. The van der Waals surface area contributed by atoms with E-state index in [0.29, 0.717) is 6.42 Å². The lowest BCUT2D eigenvalue weighted by molar-refractivity contribution is -0.171. The van der Waals surface area contributed by atoms with Crippen molar-refractivity contribution in [2.45, 2.75) is 25.6 Å². The molecule has 64 valence electrons. The molecule has 0 aromatic carbocycles. The van der Waals surface area contributed by atoms with Gasteiger partial charge >= 0.3 is 5.97 Å². The first-order valence-electron chi connectivity index (χ1n) is 3.64. The molecule has 2 N–H and O–H groups in total.